The van der Waals surface area contributed by atoms with Gasteiger partial charge in [-0.05, 0) is 56.7 Å². The fourth-order valence-corrected chi connectivity index (χ4v) is 4.21. The molecule has 0 saturated heterocycles. The Balaban J connectivity index is 1.74. The van der Waals surface area contributed by atoms with E-state index in [0.717, 1.165) is 6.42 Å². The van der Waals surface area contributed by atoms with Gasteiger partial charge in [0.1, 0.15) is 6.23 Å². The molecule has 0 unspecified atom stereocenters. The molecule has 1 heterocycles. The zero-order valence-electron chi connectivity index (χ0n) is 15.3. The van der Waals surface area contributed by atoms with Gasteiger partial charge in [0, 0.05) is 12.1 Å². The molecular weight excluding hydrogens is 296 g/mol. The van der Waals surface area contributed by atoms with Crippen LogP contribution in [0.25, 0.3) is 5.57 Å². The van der Waals surface area contributed by atoms with Crippen LogP contribution in [0.3, 0.4) is 0 Å². The van der Waals surface area contributed by atoms with Crippen molar-refractivity contribution in [3.63, 3.8) is 0 Å². The highest BCUT2D eigenvalue weighted by Crippen LogP contribution is 2.32. The molecule has 3 nitrogen and oxygen atoms in total. The molecule has 1 aromatic carbocycles. The van der Waals surface area contributed by atoms with Crippen molar-refractivity contribution in [3.05, 3.63) is 41.0 Å². The molecule has 132 valence electrons. The van der Waals surface area contributed by atoms with Crippen molar-refractivity contribution >= 4 is 5.57 Å². The lowest BCUT2D eigenvalue weighted by molar-refractivity contribution is 0.0717. The number of aliphatic hydroxyl groups excluding tert-OH is 1. The SMILES string of the molecule is CC1=C(c2ccccc2C)C[C@@H]([C@@H](O)NC2CCCCC2)N[C@H]1C. The number of hydrogen-bond acceptors (Lipinski definition) is 3. The van der Waals surface area contributed by atoms with E-state index in [1.807, 2.05) is 0 Å². The molecule has 1 aliphatic heterocycles. The third-order valence-corrected chi connectivity index (χ3v) is 5.88. The minimum absolute atomic E-state index is 0.0697. The van der Waals surface area contributed by atoms with E-state index in [1.54, 1.807) is 0 Å². The van der Waals surface area contributed by atoms with Gasteiger partial charge in [-0.3, -0.25) is 5.32 Å². The van der Waals surface area contributed by atoms with Gasteiger partial charge in [0.15, 0.2) is 0 Å². The Morgan fingerprint density at radius 2 is 1.83 bits per heavy atom. The first-order chi connectivity index (χ1) is 11.6. The summed E-state index contributed by atoms with van der Waals surface area (Å²) in [6, 6.07) is 9.43. The molecule has 1 aromatic rings. The van der Waals surface area contributed by atoms with Crippen molar-refractivity contribution < 1.29 is 5.11 Å². The van der Waals surface area contributed by atoms with Gasteiger partial charge >= 0.3 is 0 Å². The second-order valence-corrected chi connectivity index (χ2v) is 7.62. The molecule has 24 heavy (non-hydrogen) atoms. The van der Waals surface area contributed by atoms with E-state index in [0.29, 0.717) is 12.1 Å². The summed E-state index contributed by atoms with van der Waals surface area (Å²) in [6.45, 7) is 6.59. The summed E-state index contributed by atoms with van der Waals surface area (Å²) in [5.74, 6) is 0. The van der Waals surface area contributed by atoms with Gasteiger partial charge in [0.2, 0.25) is 0 Å². The van der Waals surface area contributed by atoms with Gasteiger partial charge in [-0.15, -0.1) is 0 Å². The van der Waals surface area contributed by atoms with Gasteiger partial charge in [0.25, 0.3) is 0 Å². The lowest BCUT2D eigenvalue weighted by Crippen LogP contribution is -2.55. The van der Waals surface area contributed by atoms with Crippen LogP contribution in [0.5, 0.6) is 0 Å². The second kappa shape index (κ2) is 7.81. The van der Waals surface area contributed by atoms with Crippen LogP contribution in [-0.4, -0.2) is 29.5 Å². The number of nitrogens with one attached hydrogen (secondary N) is 2. The molecule has 3 atom stereocenters. The summed E-state index contributed by atoms with van der Waals surface area (Å²) in [7, 11) is 0. The first-order valence-corrected chi connectivity index (χ1v) is 9.52. The lowest BCUT2D eigenvalue weighted by atomic mass is 9.85. The molecule has 2 aliphatic rings. The Kier molecular flexibility index (Phi) is 5.75. The zero-order chi connectivity index (χ0) is 17.1. The minimum Gasteiger partial charge on any atom is -0.377 e. The molecule has 0 aromatic heterocycles. The van der Waals surface area contributed by atoms with Crippen LogP contribution < -0.4 is 10.6 Å². The average molecular weight is 329 g/mol. The van der Waals surface area contributed by atoms with E-state index in [2.05, 4.69) is 55.7 Å². The summed E-state index contributed by atoms with van der Waals surface area (Å²) in [6.07, 6.45) is 6.69. The molecule has 1 aliphatic carbocycles. The van der Waals surface area contributed by atoms with Gasteiger partial charge in [-0.1, -0.05) is 49.1 Å². The van der Waals surface area contributed by atoms with Crippen molar-refractivity contribution in [2.24, 2.45) is 0 Å². The molecule has 0 bridgehead atoms. The van der Waals surface area contributed by atoms with E-state index < -0.39 is 6.23 Å². The molecule has 0 amide bonds. The maximum atomic E-state index is 10.8. The quantitative estimate of drug-likeness (QED) is 0.737. The van der Waals surface area contributed by atoms with E-state index in [-0.39, 0.29) is 6.04 Å². The van der Waals surface area contributed by atoms with Crippen molar-refractivity contribution in [1.29, 1.82) is 0 Å². The molecule has 1 fully saturated rings. The van der Waals surface area contributed by atoms with Crippen LogP contribution in [0, 0.1) is 6.92 Å². The molecule has 0 spiro atoms. The molecule has 3 rings (SSSR count). The number of benzene rings is 1. The van der Waals surface area contributed by atoms with Crippen molar-refractivity contribution in [2.45, 2.75) is 83.6 Å². The molecule has 1 saturated carbocycles. The van der Waals surface area contributed by atoms with E-state index in [9.17, 15) is 5.11 Å². The monoisotopic (exact) mass is 328 g/mol. The average Bonchev–Trinajstić information content (AvgIpc) is 2.59. The third-order valence-electron chi connectivity index (χ3n) is 5.88. The Bertz CT molecular complexity index is 589. The van der Waals surface area contributed by atoms with Crippen molar-refractivity contribution in [3.8, 4) is 0 Å². The smallest absolute Gasteiger partial charge is 0.120 e. The van der Waals surface area contributed by atoms with Crippen LogP contribution in [0.1, 0.15) is 63.5 Å². The fraction of sp³-hybridized carbons (Fsp3) is 0.619. The highest BCUT2D eigenvalue weighted by atomic mass is 16.3. The van der Waals surface area contributed by atoms with Crippen LogP contribution in [0.2, 0.25) is 0 Å². The van der Waals surface area contributed by atoms with E-state index in [4.69, 9.17) is 0 Å². The topological polar surface area (TPSA) is 44.3 Å². The lowest BCUT2D eigenvalue weighted by Gasteiger charge is -2.37. The number of aryl methyl sites for hydroxylation is 1. The van der Waals surface area contributed by atoms with Crippen LogP contribution in [0.15, 0.2) is 29.8 Å². The Hall–Kier alpha value is -1.16. The number of aliphatic hydroxyl groups is 1. The summed E-state index contributed by atoms with van der Waals surface area (Å²) < 4.78 is 0. The molecule has 0 radical (unpaired) electrons. The standard InChI is InChI=1S/C21H32N2O/c1-14-9-7-8-12-18(14)19-13-20(22-16(3)15(19)2)21(24)23-17-10-5-4-6-11-17/h7-9,12,16-17,20-24H,4-6,10-11,13H2,1-3H3/t16-,20-,21+/m0/s1. The number of hydrogen-bond donors (Lipinski definition) is 3. The third kappa shape index (κ3) is 3.90. The van der Waals surface area contributed by atoms with Crippen molar-refractivity contribution in [2.75, 3.05) is 0 Å². The van der Waals surface area contributed by atoms with Crippen LogP contribution in [0.4, 0.5) is 0 Å². The largest absolute Gasteiger partial charge is 0.377 e. The second-order valence-electron chi connectivity index (χ2n) is 7.62. The normalized spacial score (nSPS) is 27.3. The Labute approximate surface area is 146 Å². The maximum Gasteiger partial charge on any atom is 0.120 e. The Morgan fingerprint density at radius 3 is 2.54 bits per heavy atom. The van der Waals surface area contributed by atoms with Crippen LogP contribution in [-0.2, 0) is 0 Å². The predicted octanol–water partition coefficient (Wildman–Crippen LogP) is 3.76. The molecule has 3 heteroatoms. The van der Waals surface area contributed by atoms with Gasteiger partial charge < -0.3 is 10.4 Å². The van der Waals surface area contributed by atoms with Gasteiger partial charge in [-0.2, -0.15) is 0 Å². The van der Waals surface area contributed by atoms with Gasteiger partial charge in [0.05, 0.1) is 6.04 Å². The fourth-order valence-electron chi connectivity index (χ4n) is 4.21. The number of rotatable bonds is 4. The summed E-state index contributed by atoms with van der Waals surface area (Å²) >= 11 is 0. The van der Waals surface area contributed by atoms with E-state index in [1.165, 1.54) is 54.4 Å². The Morgan fingerprint density at radius 1 is 1.12 bits per heavy atom. The molecule has 3 N–H and O–H groups in total. The maximum absolute atomic E-state index is 10.8. The summed E-state index contributed by atoms with van der Waals surface area (Å²) in [4.78, 5) is 0. The van der Waals surface area contributed by atoms with Gasteiger partial charge in [-0.25, -0.2) is 0 Å². The highest BCUT2D eigenvalue weighted by molar-refractivity contribution is 5.72. The van der Waals surface area contributed by atoms with Crippen LogP contribution >= 0.6 is 0 Å². The van der Waals surface area contributed by atoms with Crippen molar-refractivity contribution in [1.82, 2.24) is 10.6 Å². The van der Waals surface area contributed by atoms with E-state index >= 15 is 0 Å². The first-order valence-electron chi connectivity index (χ1n) is 9.52. The summed E-state index contributed by atoms with van der Waals surface area (Å²) in [5, 5.41) is 17.9. The predicted molar refractivity (Wildman–Crippen MR) is 101 cm³/mol. The summed E-state index contributed by atoms with van der Waals surface area (Å²) in [5.41, 5.74) is 5.44. The highest BCUT2D eigenvalue weighted by Gasteiger charge is 2.30. The minimum atomic E-state index is -0.484. The molecular formula is C21H32N2O. The zero-order valence-corrected chi connectivity index (χ0v) is 15.3. The first kappa shape index (κ1) is 17.7.